The predicted octanol–water partition coefficient (Wildman–Crippen LogP) is 3.66. The maximum atomic E-state index is 12.6. The fourth-order valence-electron chi connectivity index (χ4n) is 4.37. The van der Waals surface area contributed by atoms with Crippen molar-refractivity contribution in [3.63, 3.8) is 0 Å². The Morgan fingerprint density at radius 1 is 1.04 bits per heavy atom. The lowest BCUT2D eigenvalue weighted by Gasteiger charge is -2.34. The molecule has 4 rings (SSSR count). The fourth-order valence-corrected chi connectivity index (χ4v) is 4.83. The zero-order valence-corrected chi connectivity index (χ0v) is 17.4. The Kier molecular flexibility index (Phi) is 4.87. The molecule has 7 heteroatoms. The molecule has 0 aromatic heterocycles. The summed E-state index contributed by atoms with van der Waals surface area (Å²) in [6.45, 7) is 0.407. The van der Waals surface area contributed by atoms with Gasteiger partial charge in [-0.15, -0.1) is 0 Å². The molecule has 1 saturated heterocycles. The Morgan fingerprint density at radius 3 is 2.39 bits per heavy atom. The van der Waals surface area contributed by atoms with Crippen LogP contribution in [0.1, 0.15) is 22.6 Å². The summed E-state index contributed by atoms with van der Waals surface area (Å²) < 4.78 is 22.2. The average Bonchev–Trinajstić information content (AvgIpc) is 3.07. The first-order valence-electron chi connectivity index (χ1n) is 8.96. The lowest BCUT2D eigenvalue weighted by molar-refractivity contribution is -0.141. The van der Waals surface area contributed by atoms with Gasteiger partial charge in [0.05, 0.1) is 38.3 Å². The molecule has 0 spiro atoms. The van der Waals surface area contributed by atoms with Crippen molar-refractivity contribution in [3.05, 3.63) is 45.4 Å². The largest absolute Gasteiger partial charge is 0.503 e. The van der Waals surface area contributed by atoms with Crippen LogP contribution in [0.2, 0.25) is 0 Å². The Hall–Kier alpha value is -2.41. The zero-order valence-electron chi connectivity index (χ0n) is 15.8. The van der Waals surface area contributed by atoms with Gasteiger partial charge in [-0.1, -0.05) is 0 Å². The van der Waals surface area contributed by atoms with Crippen LogP contribution in [0, 0.1) is 11.8 Å². The van der Waals surface area contributed by atoms with Crippen LogP contribution in [-0.4, -0.2) is 39.0 Å². The highest BCUT2D eigenvalue weighted by molar-refractivity contribution is 9.10. The molecule has 148 valence electrons. The van der Waals surface area contributed by atoms with Crippen molar-refractivity contribution < 1.29 is 28.8 Å². The summed E-state index contributed by atoms with van der Waals surface area (Å²) in [5, 5.41) is 10.2. The molecule has 6 nitrogen and oxygen atoms in total. The minimum atomic E-state index is -0.299. The molecular weight excluding hydrogens is 428 g/mol. The normalized spacial score (nSPS) is 22.9. The van der Waals surface area contributed by atoms with Gasteiger partial charge in [-0.3, -0.25) is 4.79 Å². The number of phenols is 1. The van der Waals surface area contributed by atoms with Crippen LogP contribution in [-0.2, 0) is 16.0 Å². The molecule has 2 aromatic carbocycles. The van der Waals surface area contributed by atoms with E-state index < -0.39 is 0 Å². The number of cyclic esters (lactones) is 1. The van der Waals surface area contributed by atoms with E-state index in [1.165, 1.54) is 7.11 Å². The SMILES string of the molecule is COc1cc2c(cc1OC)[C@H](c1cc(Br)c(O)c(OC)c1)[C@H]1C(=O)OCC1C2. The van der Waals surface area contributed by atoms with Crippen LogP contribution < -0.4 is 14.2 Å². The van der Waals surface area contributed by atoms with Gasteiger partial charge in [0.1, 0.15) is 0 Å². The van der Waals surface area contributed by atoms with Gasteiger partial charge in [-0.25, -0.2) is 0 Å². The van der Waals surface area contributed by atoms with E-state index in [4.69, 9.17) is 18.9 Å². The second-order valence-corrected chi connectivity index (χ2v) is 7.91. The molecule has 1 N–H and O–H groups in total. The zero-order chi connectivity index (χ0) is 20.0. The smallest absolute Gasteiger partial charge is 0.310 e. The average molecular weight is 449 g/mol. The van der Waals surface area contributed by atoms with Gasteiger partial charge in [-0.05, 0) is 63.3 Å². The molecule has 1 aliphatic carbocycles. The van der Waals surface area contributed by atoms with E-state index in [9.17, 15) is 9.90 Å². The van der Waals surface area contributed by atoms with E-state index in [0.717, 1.165) is 23.1 Å². The van der Waals surface area contributed by atoms with Crippen LogP contribution in [0.15, 0.2) is 28.7 Å². The number of esters is 1. The van der Waals surface area contributed by atoms with E-state index in [2.05, 4.69) is 15.9 Å². The monoisotopic (exact) mass is 448 g/mol. The molecule has 28 heavy (non-hydrogen) atoms. The minimum Gasteiger partial charge on any atom is -0.503 e. The predicted molar refractivity (Wildman–Crippen MR) is 105 cm³/mol. The molecule has 1 heterocycles. The fraction of sp³-hybridized carbons (Fsp3) is 0.381. The molecule has 0 saturated carbocycles. The highest BCUT2D eigenvalue weighted by Crippen LogP contribution is 2.51. The van der Waals surface area contributed by atoms with Crippen molar-refractivity contribution >= 4 is 21.9 Å². The topological polar surface area (TPSA) is 74.2 Å². The number of aromatic hydroxyl groups is 1. The number of phenolic OH excluding ortho intramolecular Hbond substituents is 1. The Labute approximate surface area is 171 Å². The van der Waals surface area contributed by atoms with Crippen LogP contribution >= 0.6 is 15.9 Å². The molecular formula is C21H21BrO6. The van der Waals surface area contributed by atoms with Crippen LogP contribution in [0.25, 0.3) is 0 Å². The first-order chi connectivity index (χ1) is 13.5. The molecule has 1 unspecified atom stereocenters. The van der Waals surface area contributed by atoms with E-state index in [1.54, 1.807) is 20.3 Å². The summed E-state index contributed by atoms with van der Waals surface area (Å²) in [6, 6.07) is 7.52. The lowest BCUT2D eigenvalue weighted by atomic mass is 9.67. The number of methoxy groups -OCH3 is 3. The van der Waals surface area contributed by atoms with Gasteiger partial charge in [0.2, 0.25) is 0 Å². The van der Waals surface area contributed by atoms with E-state index in [-0.39, 0.29) is 29.5 Å². The first-order valence-corrected chi connectivity index (χ1v) is 9.75. The number of hydrogen-bond acceptors (Lipinski definition) is 6. The minimum absolute atomic E-state index is 0.0279. The van der Waals surface area contributed by atoms with Crippen molar-refractivity contribution in [1.29, 1.82) is 0 Å². The summed E-state index contributed by atoms with van der Waals surface area (Å²) in [4.78, 5) is 12.6. The summed E-state index contributed by atoms with van der Waals surface area (Å²) >= 11 is 3.39. The number of carbonyl (C=O) groups is 1. The van der Waals surface area contributed by atoms with Crippen molar-refractivity contribution in [2.75, 3.05) is 27.9 Å². The third-order valence-electron chi connectivity index (χ3n) is 5.67. The third-order valence-corrected chi connectivity index (χ3v) is 6.28. The van der Waals surface area contributed by atoms with Crippen molar-refractivity contribution in [3.8, 4) is 23.0 Å². The Balaban J connectivity index is 1.94. The van der Waals surface area contributed by atoms with E-state index in [1.807, 2.05) is 18.2 Å². The highest BCUT2D eigenvalue weighted by atomic mass is 79.9. The second kappa shape index (κ2) is 7.20. The number of hydrogen-bond donors (Lipinski definition) is 1. The number of ether oxygens (including phenoxy) is 4. The first kappa shape index (κ1) is 18.9. The Morgan fingerprint density at radius 2 is 1.71 bits per heavy atom. The standard InChI is InChI=1S/C21H21BrO6/c1-25-15-6-10-4-12-9-28-21(24)19(12)18(13(10)8-16(15)26-2)11-5-14(22)20(23)17(7-11)27-3/h5-8,12,18-19,23H,4,9H2,1-3H3/t12?,18-,19-/m0/s1. The maximum absolute atomic E-state index is 12.6. The third kappa shape index (κ3) is 2.89. The van der Waals surface area contributed by atoms with Gasteiger partial charge < -0.3 is 24.1 Å². The summed E-state index contributed by atoms with van der Waals surface area (Å²) in [6.07, 6.45) is 0.735. The number of benzene rings is 2. The molecule has 3 atom stereocenters. The number of fused-ring (bicyclic) bond motifs is 2. The summed E-state index contributed by atoms with van der Waals surface area (Å²) in [7, 11) is 4.70. The number of halogens is 1. The maximum Gasteiger partial charge on any atom is 0.310 e. The van der Waals surface area contributed by atoms with Crippen molar-refractivity contribution in [1.82, 2.24) is 0 Å². The van der Waals surface area contributed by atoms with Crippen LogP contribution in [0.5, 0.6) is 23.0 Å². The lowest BCUT2D eigenvalue weighted by Crippen LogP contribution is -2.31. The van der Waals surface area contributed by atoms with Gasteiger partial charge in [-0.2, -0.15) is 0 Å². The van der Waals surface area contributed by atoms with Gasteiger partial charge in [0.25, 0.3) is 0 Å². The van der Waals surface area contributed by atoms with Gasteiger partial charge >= 0.3 is 5.97 Å². The van der Waals surface area contributed by atoms with Crippen molar-refractivity contribution in [2.45, 2.75) is 12.3 Å². The van der Waals surface area contributed by atoms with Gasteiger partial charge in [0, 0.05) is 11.8 Å². The second-order valence-electron chi connectivity index (χ2n) is 7.06. The molecule has 0 amide bonds. The van der Waals surface area contributed by atoms with Gasteiger partial charge in [0.15, 0.2) is 23.0 Å². The summed E-state index contributed by atoms with van der Waals surface area (Å²) in [5.41, 5.74) is 2.96. The van der Waals surface area contributed by atoms with E-state index in [0.29, 0.717) is 28.3 Å². The van der Waals surface area contributed by atoms with E-state index >= 15 is 0 Å². The molecule has 2 aliphatic rings. The Bertz CT molecular complexity index is 941. The number of rotatable bonds is 4. The summed E-state index contributed by atoms with van der Waals surface area (Å²) in [5.74, 6) is 0.996. The molecule has 1 fully saturated rings. The van der Waals surface area contributed by atoms with Crippen molar-refractivity contribution in [2.24, 2.45) is 11.8 Å². The van der Waals surface area contributed by atoms with Crippen LogP contribution in [0.4, 0.5) is 0 Å². The molecule has 2 aromatic rings. The molecule has 1 aliphatic heterocycles. The van der Waals surface area contributed by atoms with Crippen LogP contribution in [0.3, 0.4) is 0 Å². The quantitative estimate of drug-likeness (QED) is 0.719. The molecule has 0 radical (unpaired) electrons. The molecule has 0 bridgehead atoms. The highest BCUT2D eigenvalue weighted by Gasteiger charge is 2.48. The number of carbonyl (C=O) groups excluding carboxylic acids is 1.